The number of pyridine rings is 1. The number of aryl methyl sites for hydroxylation is 1. The molecule has 1 amide bonds. The molecule has 0 spiro atoms. The molecule has 0 radical (unpaired) electrons. The Morgan fingerprint density at radius 2 is 2.35 bits per heavy atom. The minimum atomic E-state index is -0.0904. The van der Waals surface area contributed by atoms with E-state index in [1.54, 1.807) is 13.1 Å². The van der Waals surface area contributed by atoms with Crippen molar-refractivity contribution in [2.24, 2.45) is 0 Å². The van der Waals surface area contributed by atoms with E-state index >= 15 is 0 Å². The number of hydrogen-bond acceptors (Lipinski definition) is 5. The summed E-state index contributed by atoms with van der Waals surface area (Å²) >= 11 is 0. The summed E-state index contributed by atoms with van der Waals surface area (Å²) in [5, 5.41) is 7.90. The Morgan fingerprint density at radius 1 is 1.43 bits per heavy atom. The molecular formula is C16H17N5O2. The highest BCUT2D eigenvalue weighted by atomic mass is 16.3. The van der Waals surface area contributed by atoms with Gasteiger partial charge in [0.1, 0.15) is 0 Å². The lowest BCUT2D eigenvalue weighted by atomic mass is 9.94. The Kier molecular flexibility index (Phi) is 3.33. The van der Waals surface area contributed by atoms with Gasteiger partial charge in [0.05, 0.1) is 11.9 Å². The van der Waals surface area contributed by atoms with Crippen LogP contribution in [0.25, 0.3) is 11.0 Å². The Balaban J connectivity index is 1.56. The number of piperidine rings is 1. The van der Waals surface area contributed by atoms with Crippen LogP contribution in [0.2, 0.25) is 0 Å². The van der Waals surface area contributed by atoms with Crippen molar-refractivity contribution in [2.75, 3.05) is 13.1 Å². The molecule has 4 heterocycles. The van der Waals surface area contributed by atoms with Crippen molar-refractivity contribution in [1.29, 1.82) is 0 Å². The summed E-state index contributed by atoms with van der Waals surface area (Å²) in [6.45, 7) is 3.17. The summed E-state index contributed by atoms with van der Waals surface area (Å²) < 4.78 is 5.24. The van der Waals surface area contributed by atoms with Crippen molar-refractivity contribution in [2.45, 2.75) is 25.7 Å². The minimum Gasteiger partial charge on any atom is -0.438 e. The Bertz CT molecular complexity index is 853. The molecule has 3 aromatic rings. The molecule has 0 unspecified atom stereocenters. The van der Waals surface area contributed by atoms with Crippen molar-refractivity contribution < 1.29 is 9.21 Å². The Morgan fingerprint density at radius 3 is 3.17 bits per heavy atom. The van der Waals surface area contributed by atoms with E-state index in [9.17, 15) is 4.79 Å². The molecule has 23 heavy (non-hydrogen) atoms. The second-order valence-corrected chi connectivity index (χ2v) is 5.90. The van der Waals surface area contributed by atoms with Crippen LogP contribution >= 0.6 is 0 Å². The fourth-order valence-corrected chi connectivity index (χ4v) is 3.12. The van der Waals surface area contributed by atoms with Crippen LogP contribution in [0.1, 0.15) is 40.7 Å². The van der Waals surface area contributed by atoms with Gasteiger partial charge in [-0.2, -0.15) is 5.10 Å². The number of aromatic amines is 1. The van der Waals surface area contributed by atoms with Gasteiger partial charge < -0.3 is 9.32 Å². The van der Waals surface area contributed by atoms with Crippen LogP contribution in [0.5, 0.6) is 0 Å². The summed E-state index contributed by atoms with van der Waals surface area (Å²) in [6.07, 6.45) is 5.05. The van der Waals surface area contributed by atoms with Crippen molar-refractivity contribution >= 4 is 16.9 Å². The first-order chi connectivity index (χ1) is 11.2. The van der Waals surface area contributed by atoms with Crippen molar-refractivity contribution in [1.82, 2.24) is 25.1 Å². The van der Waals surface area contributed by atoms with Crippen LogP contribution in [0.15, 0.2) is 29.1 Å². The second kappa shape index (κ2) is 5.49. The molecule has 1 aliphatic rings. The van der Waals surface area contributed by atoms with E-state index in [2.05, 4.69) is 20.2 Å². The predicted octanol–water partition coefficient (Wildman–Crippen LogP) is 2.27. The van der Waals surface area contributed by atoms with E-state index in [0.29, 0.717) is 18.0 Å². The fourth-order valence-electron chi connectivity index (χ4n) is 3.12. The maximum atomic E-state index is 12.6. The lowest BCUT2D eigenvalue weighted by Gasteiger charge is -2.32. The number of fused-ring (bicyclic) bond motifs is 1. The SMILES string of the molecule is Cc1ncoc1C(=O)N1CCC[C@@H](c2ccc3cn[nH]c3n2)C1. The van der Waals surface area contributed by atoms with Gasteiger partial charge in [-0.05, 0) is 31.9 Å². The number of aromatic nitrogens is 4. The highest BCUT2D eigenvalue weighted by Crippen LogP contribution is 2.27. The minimum absolute atomic E-state index is 0.0904. The first-order valence-electron chi connectivity index (χ1n) is 7.72. The summed E-state index contributed by atoms with van der Waals surface area (Å²) in [5.41, 5.74) is 2.42. The van der Waals surface area contributed by atoms with Crippen molar-refractivity contribution in [3.63, 3.8) is 0 Å². The maximum Gasteiger partial charge on any atom is 0.291 e. The van der Waals surface area contributed by atoms with Crippen LogP contribution < -0.4 is 0 Å². The third-order valence-electron chi connectivity index (χ3n) is 4.39. The van der Waals surface area contributed by atoms with E-state index < -0.39 is 0 Å². The number of H-pyrrole nitrogens is 1. The number of nitrogens with one attached hydrogen (secondary N) is 1. The highest BCUT2D eigenvalue weighted by molar-refractivity contribution is 5.92. The van der Waals surface area contributed by atoms with Gasteiger partial charge in [0.15, 0.2) is 12.0 Å². The monoisotopic (exact) mass is 311 g/mol. The molecule has 1 N–H and O–H groups in total. The number of hydrogen-bond donors (Lipinski definition) is 1. The van der Waals surface area contributed by atoms with E-state index in [1.165, 1.54) is 6.39 Å². The van der Waals surface area contributed by atoms with E-state index in [0.717, 1.165) is 36.1 Å². The molecule has 0 bridgehead atoms. The zero-order valence-electron chi connectivity index (χ0n) is 12.8. The quantitative estimate of drug-likeness (QED) is 0.784. The number of oxazole rings is 1. The van der Waals surface area contributed by atoms with Crippen molar-refractivity contribution in [3.8, 4) is 0 Å². The number of carbonyl (C=O) groups is 1. The third kappa shape index (κ3) is 2.48. The summed E-state index contributed by atoms with van der Waals surface area (Å²) in [5.74, 6) is 0.471. The van der Waals surface area contributed by atoms with Gasteiger partial charge in [-0.25, -0.2) is 9.97 Å². The normalized spacial score (nSPS) is 18.5. The molecular weight excluding hydrogens is 294 g/mol. The first-order valence-corrected chi connectivity index (χ1v) is 7.72. The van der Waals surface area contributed by atoms with Gasteiger partial charge in [-0.15, -0.1) is 0 Å². The smallest absolute Gasteiger partial charge is 0.291 e. The fraction of sp³-hybridized carbons (Fsp3) is 0.375. The molecule has 1 saturated heterocycles. The third-order valence-corrected chi connectivity index (χ3v) is 4.39. The van der Waals surface area contributed by atoms with E-state index in [4.69, 9.17) is 4.42 Å². The maximum absolute atomic E-state index is 12.6. The zero-order valence-corrected chi connectivity index (χ0v) is 12.8. The molecule has 7 heteroatoms. The lowest BCUT2D eigenvalue weighted by molar-refractivity contribution is 0.0672. The van der Waals surface area contributed by atoms with Crippen LogP contribution in [0.3, 0.4) is 0 Å². The molecule has 0 saturated carbocycles. The molecule has 3 aromatic heterocycles. The Labute approximate surface area is 132 Å². The standard InChI is InChI=1S/C16H17N5O2/c1-10-14(23-9-17-10)16(22)21-6-2-3-12(8-21)13-5-4-11-7-18-20-15(11)19-13/h4-5,7,9,12H,2-3,6,8H2,1H3,(H,18,19,20)/t12-/m1/s1. The topological polar surface area (TPSA) is 87.9 Å². The van der Waals surface area contributed by atoms with Crippen LogP contribution in [-0.2, 0) is 0 Å². The lowest BCUT2D eigenvalue weighted by Crippen LogP contribution is -2.39. The van der Waals surface area contributed by atoms with Crippen LogP contribution in [0, 0.1) is 6.92 Å². The van der Waals surface area contributed by atoms with Gasteiger partial charge in [-0.3, -0.25) is 9.89 Å². The van der Waals surface area contributed by atoms with E-state index in [-0.39, 0.29) is 11.8 Å². The number of carbonyl (C=O) groups excluding carboxylic acids is 1. The zero-order chi connectivity index (χ0) is 15.8. The summed E-state index contributed by atoms with van der Waals surface area (Å²) in [7, 11) is 0. The van der Waals surface area contributed by atoms with Crippen LogP contribution in [0.4, 0.5) is 0 Å². The number of nitrogens with zero attached hydrogens (tertiary/aromatic N) is 4. The van der Waals surface area contributed by atoms with Gasteiger partial charge in [0.25, 0.3) is 5.91 Å². The van der Waals surface area contributed by atoms with Gasteiger partial charge in [-0.1, -0.05) is 0 Å². The number of rotatable bonds is 2. The molecule has 1 fully saturated rings. The molecule has 7 nitrogen and oxygen atoms in total. The largest absolute Gasteiger partial charge is 0.438 e. The summed E-state index contributed by atoms with van der Waals surface area (Å²) in [4.78, 5) is 23.1. The Hall–Kier alpha value is -2.70. The number of likely N-dealkylation sites (tertiary alicyclic amines) is 1. The molecule has 1 aliphatic heterocycles. The average molecular weight is 311 g/mol. The number of amides is 1. The van der Waals surface area contributed by atoms with Crippen LogP contribution in [-0.4, -0.2) is 44.1 Å². The first kappa shape index (κ1) is 13.9. The van der Waals surface area contributed by atoms with Crippen molar-refractivity contribution in [3.05, 3.63) is 41.9 Å². The highest BCUT2D eigenvalue weighted by Gasteiger charge is 2.28. The van der Waals surface area contributed by atoms with Gasteiger partial charge in [0.2, 0.25) is 5.76 Å². The van der Waals surface area contributed by atoms with E-state index in [1.807, 2.05) is 17.0 Å². The predicted molar refractivity (Wildman–Crippen MR) is 83.0 cm³/mol. The average Bonchev–Trinajstić information content (AvgIpc) is 3.22. The van der Waals surface area contributed by atoms with Gasteiger partial charge >= 0.3 is 0 Å². The molecule has 1 atom stereocenters. The molecule has 4 rings (SSSR count). The molecule has 0 aliphatic carbocycles. The second-order valence-electron chi connectivity index (χ2n) is 5.90. The van der Waals surface area contributed by atoms with Gasteiger partial charge in [0, 0.05) is 30.1 Å². The summed E-state index contributed by atoms with van der Waals surface area (Å²) in [6, 6.07) is 4.04. The molecule has 0 aromatic carbocycles. The molecule has 118 valence electrons.